The van der Waals surface area contributed by atoms with Gasteiger partial charge in [-0.25, -0.2) is 0 Å². The molecule has 1 saturated heterocycles. The van der Waals surface area contributed by atoms with Crippen LogP contribution in [0.2, 0.25) is 0 Å². The molecular formula is C26H32N2OS. The summed E-state index contributed by atoms with van der Waals surface area (Å²) in [4.78, 5) is 19.8. The number of likely N-dealkylation sites (tertiary alicyclic amines) is 1. The molecule has 0 amide bonds. The van der Waals surface area contributed by atoms with Crippen LogP contribution in [0, 0.1) is 12.8 Å². The monoisotopic (exact) mass is 420 g/mol. The molecule has 0 aliphatic carbocycles. The van der Waals surface area contributed by atoms with Crippen molar-refractivity contribution in [3.05, 3.63) is 59.2 Å². The molecule has 0 aromatic heterocycles. The summed E-state index contributed by atoms with van der Waals surface area (Å²) in [5.41, 5.74) is 5.09. The molecule has 1 fully saturated rings. The fraction of sp³-hybridized carbons (Fsp3) is 0.500. The van der Waals surface area contributed by atoms with Gasteiger partial charge in [0, 0.05) is 48.0 Å². The van der Waals surface area contributed by atoms with E-state index in [0.29, 0.717) is 17.7 Å². The lowest BCUT2D eigenvalue weighted by Gasteiger charge is -2.39. The van der Waals surface area contributed by atoms with Crippen molar-refractivity contribution in [2.45, 2.75) is 50.0 Å². The number of aryl methyl sites for hydroxylation is 1. The standard InChI is InChI=1S/C26H32N2OS/c1-18-7-3-4-8-20(18)26(29)19(2)11-14-27-15-12-23-22(17-27)21-9-5-10-24-25(21)28(23)13-6-16-30-24/h3-5,7-10,19,22-23H,6,11-17H2,1-2H3. The first-order valence-electron chi connectivity index (χ1n) is 11.5. The van der Waals surface area contributed by atoms with Crippen molar-refractivity contribution in [3.63, 3.8) is 0 Å². The van der Waals surface area contributed by atoms with Crippen molar-refractivity contribution in [1.29, 1.82) is 0 Å². The number of Topliss-reactive ketones (excluding diaryl/α,β-unsaturated/α-hetero) is 1. The van der Waals surface area contributed by atoms with E-state index in [1.807, 2.05) is 43.0 Å². The van der Waals surface area contributed by atoms with Gasteiger partial charge in [0.1, 0.15) is 0 Å². The van der Waals surface area contributed by atoms with Crippen LogP contribution in [0.5, 0.6) is 0 Å². The van der Waals surface area contributed by atoms with Crippen molar-refractivity contribution >= 4 is 23.2 Å². The predicted molar refractivity (Wildman–Crippen MR) is 126 cm³/mol. The Hall–Kier alpha value is -1.78. The molecule has 5 rings (SSSR count). The normalized spacial score (nSPS) is 24.1. The highest BCUT2D eigenvalue weighted by atomic mass is 32.2. The molecule has 3 aliphatic heterocycles. The molecule has 3 aliphatic rings. The van der Waals surface area contributed by atoms with Gasteiger partial charge in [0.2, 0.25) is 0 Å². The Bertz CT molecular complexity index is 942. The van der Waals surface area contributed by atoms with Crippen molar-refractivity contribution in [2.75, 3.05) is 36.8 Å². The van der Waals surface area contributed by atoms with E-state index >= 15 is 0 Å². The summed E-state index contributed by atoms with van der Waals surface area (Å²) in [6.45, 7) is 8.65. The Balaban J connectivity index is 1.26. The molecule has 2 aromatic carbocycles. The number of hydrogen-bond acceptors (Lipinski definition) is 4. The molecule has 3 atom stereocenters. The van der Waals surface area contributed by atoms with E-state index in [2.05, 4.69) is 34.9 Å². The molecule has 0 radical (unpaired) electrons. The highest BCUT2D eigenvalue weighted by molar-refractivity contribution is 7.99. The number of ketones is 1. The zero-order valence-electron chi connectivity index (χ0n) is 18.1. The summed E-state index contributed by atoms with van der Waals surface area (Å²) in [6.07, 6.45) is 3.46. The van der Waals surface area contributed by atoms with Crippen LogP contribution in [0.4, 0.5) is 5.69 Å². The average molecular weight is 421 g/mol. The van der Waals surface area contributed by atoms with Gasteiger partial charge in [0.25, 0.3) is 0 Å². The highest BCUT2D eigenvalue weighted by Crippen LogP contribution is 2.50. The minimum atomic E-state index is 0.0739. The van der Waals surface area contributed by atoms with Gasteiger partial charge in [-0.05, 0) is 55.7 Å². The van der Waals surface area contributed by atoms with Crippen molar-refractivity contribution in [1.82, 2.24) is 4.90 Å². The quantitative estimate of drug-likeness (QED) is 0.606. The number of rotatable bonds is 5. The molecule has 4 heteroatoms. The predicted octanol–water partition coefficient (Wildman–Crippen LogP) is 5.38. The van der Waals surface area contributed by atoms with Crippen LogP contribution in [-0.2, 0) is 0 Å². The van der Waals surface area contributed by atoms with E-state index in [0.717, 1.165) is 37.2 Å². The van der Waals surface area contributed by atoms with Gasteiger partial charge >= 0.3 is 0 Å². The molecule has 2 aromatic rings. The number of anilines is 1. The van der Waals surface area contributed by atoms with Crippen molar-refractivity contribution in [2.24, 2.45) is 5.92 Å². The number of benzene rings is 2. The van der Waals surface area contributed by atoms with Crippen molar-refractivity contribution in [3.8, 4) is 0 Å². The Morgan fingerprint density at radius 1 is 1.17 bits per heavy atom. The van der Waals surface area contributed by atoms with E-state index in [-0.39, 0.29) is 5.92 Å². The highest BCUT2D eigenvalue weighted by Gasteiger charge is 2.43. The molecule has 0 N–H and O–H groups in total. The first-order valence-corrected chi connectivity index (χ1v) is 12.5. The topological polar surface area (TPSA) is 23.6 Å². The molecule has 158 valence electrons. The average Bonchev–Trinajstić information content (AvgIpc) is 2.92. The Labute approximate surface area is 184 Å². The van der Waals surface area contributed by atoms with Crippen LogP contribution in [0.3, 0.4) is 0 Å². The van der Waals surface area contributed by atoms with Crippen LogP contribution in [0.15, 0.2) is 47.4 Å². The number of thioether (sulfide) groups is 1. The minimum Gasteiger partial charge on any atom is -0.367 e. The van der Waals surface area contributed by atoms with Gasteiger partial charge in [-0.1, -0.05) is 43.3 Å². The lowest BCUT2D eigenvalue weighted by Crippen LogP contribution is -2.47. The van der Waals surface area contributed by atoms with Gasteiger partial charge in [-0.2, -0.15) is 0 Å². The number of fused-ring (bicyclic) bond motifs is 3. The number of nitrogens with zero attached hydrogens (tertiary/aromatic N) is 2. The largest absolute Gasteiger partial charge is 0.367 e. The van der Waals surface area contributed by atoms with Crippen LogP contribution in [0.25, 0.3) is 0 Å². The van der Waals surface area contributed by atoms with Crippen LogP contribution in [-0.4, -0.2) is 48.7 Å². The molecule has 3 nitrogen and oxygen atoms in total. The second-order valence-corrected chi connectivity index (χ2v) is 10.4. The molecule has 0 saturated carbocycles. The Kier molecular flexibility index (Phi) is 5.63. The fourth-order valence-electron chi connectivity index (χ4n) is 5.63. The molecule has 3 unspecified atom stereocenters. The number of carbonyl (C=O) groups excluding carboxylic acids is 1. The SMILES string of the molecule is Cc1ccccc1C(=O)C(C)CCN1CCC2C(C1)c1cccc3c1N2CCCS3. The summed E-state index contributed by atoms with van der Waals surface area (Å²) in [7, 11) is 0. The lowest BCUT2D eigenvalue weighted by molar-refractivity contribution is 0.0907. The van der Waals surface area contributed by atoms with E-state index in [9.17, 15) is 4.79 Å². The molecule has 3 heterocycles. The smallest absolute Gasteiger partial charge is 0.165 e. The second kappa shape index (κ2) is 8.39. The zero-order valence-corrected chi connectivity index (χ0v) is 19.0. The lowest BCUT2D eigenvalue weighted by atomic mass is 9.88. The maximum Gasteiger partial charge on any atom is 0.165 e. The number of piperidine rings is 1. The third-order valence-electron chi connectivity index (χ3n) is 7.32. The first-order chi connectivity index (χ1) is 14.6. The summed E-state index contributed by atoms with van der Waals surface area (Å²) in [5.74, 6) is 2.23. The third kappa shape index (κ3) is 3.58. The Morgan fingerprint density at radius 2 is 2.03 bits per heavy atom. The van der Waals surface area contributed by atoms with Gasteiger partial charge in [-0.3, -0.25) is 4.79 Å². The van der Waals surface area contributed by atoms with Gasteiger partial charge in [-0.15, -0.1) is 11.8 Å². The van der Waals surface area contributed by atoms with Crippen LogP contribution in [0.1, 0.15) is 53.6 Å². The van der Waals surface area contributed by atoms with Gasteiger partial charge in [0.15, 0.2) is 5.78 Å². The summed E-state index contributed by atoms with van der Waals surface area (Å²) in [5, 5.41) is 0. The second-order valence-electron chi connectivity index (χ2n) is 9.22. The molecular weight excluding hydrogens is 388 g/mol. The Morgan fingerprint density at radius 3 is 2.90 bits per heavy atom. The summed E-state index contributed by atoms with van der Waals surface area (Å²) < 4.78 is 0. The number of carbonyl (C=O) groups is 1. The maximum atomic E-state index is 12.9. The number of hydrogen-bond donors (Lipinski definition) is 0. The first kappa shape index (κ1) is 20.1. The minimum absolute atomic E-state index is 0.0739. The molecule has 0 bridgehead atoms. The van der Waals surface area contributed by atoms with Crippen LogP contribution < -0.4 is 4.90 Å². The maximum absolute atomic E-state index is 12.9. The molecule has 30 heavy (non-hydrogen) atoms. The van der Waals surface area contributed by atoms with Gasteiger partial charge < -0.3 is 9.80 Å². The molecule has 0 spiro atoms. The van der Waals surface area contributed by atoms with E-state index in [4.69, 9.17) is 0 Å². The van der Waals surface area contributed by atoms with E-state index in [1.165, 1.54) is 30.0 Å². The van der Waals surface area contributed by atoms with Gasteiger partial charge in [0.05, 0.1) is 5.69 Å². The summed E-state index contributed by atoms with van der Waals surface area (Å²) >= 11 is 2.04. The fourth-order valence-corrected chi connectivity index (χ4v) is 6.67. The summed E-state index contributed by atoms with van der Waals surface area (Å²) in [6, 6.07) is 15.6. The van der Waals surface area contributed by atoms with E-state index < -0.39 is 0 Å². The van der Waals surface area contributed by atoms with E-state index in [1.54, 1.807) is 11.3 Å². The zero-order chi connectivity index (χ0) is 20.7. The third-order valence-corrected chi connectivity index (χ3v) is 8.45. The van der Waals surface area contributed by atoms with Crippen molar-refractivity contribution < 1.29 is 4.79 Å². The number of para-hydroxylation sites is 1. The van der Waals surface area contributed by atoms with Crippen LogP contribution >= 0.6 is 11.8 Å².